The Balaban J connectivity index is 1.60. The molecule has 0 aliphatic heterocycles. The van der Waals surface area contributed by atoms with Crippen LogP contribution in [0, 0.1) is 5.82 Å². The molecule has 3 N–H and O–H groups in total. The van der Waals surface area contributed by atoms with Crippen molar-refractivity contribution in [2.45, 2.75) is 32.4 Å². The Bertz CT molecular complexity index is 1040. The monoisotopic (exact) mass is 425 g/mol. The third kappa shape index (κ3) is 6.08. The average Bonchev–Trinajstić information content (AvgIpc) is 3.19. The molecule has 9 nitrogen and oxygen atoms in total. The number of urea groups is 1. The van der Waals surface area contributed by atoms with Crippen molar-refractivity contribution in [2.75, 3.05) is 5.32 Å². The largest absolute Gasteiger partial charge is 0.334 e. The second-order valence-corrected chi connectivity index (χ2v) is 6.99. The number of tetrazole rings is 1. The van der Waals surface area contributed by atoms with Gasteiger partial charge >= 0.3 is 6.03 Å². The number of aromatic nitrogens is 4. The summed E-state index contributed by atoms with van der Waals surface area (Å²) >= 11 is 0. The van der Waals surface area contributed by atoms with Gasteiger partial charge in [-0.05, 0) is 46.7 Å². The van der Waals surface area contributed by atoms with E-state index < -0.39 is 12.1 Å². The highest BCUT2D eigenvalue weighted by molar-refractivity contribution is 5.97. The number of anilines is 1. The van der Waals surface area contributed by atoms with E-state index in [0.29, 0.717) is 24.4 Å². The summed E-state index contributed by atoms with van der Waals surface area (Å²) in [6.45, 7) is 2.15. The van der Waals surface area contributed by atoms with Crippen molar-refractivity contribution in [3.8, 4) is 11.4 Å². The molecule has 1 atom stereocenters. The van der Waals surface area contributed by atoms with Crippen molar-refractivity contribution < 1.29 is 14.0 Å². The van der Waals surface area contributed by atoms with Crippen molar-refractivity contribution >= 4 is 17.6 Å². The minimum absolute atomic E-state index is 0.223. The molecule has 2 aromatic carbocycles. The van der Waals surface area contributed by atoms with Crippen LogP contribution in [0.1, 0.15) is 25.3 Å². The fourth-order valence-electron chi connectivity index (χ4n) is 2.99. The molecular weight excluding hydrogens is 401 g/mol. The number of halogens is 1. The van der Waals surface area contributed by atoms with Gasteiger partial charge in [0.2, 0.25) is 5.91 Å². The molecule has 1 unspecified atom stereocenters. The Morgan fingerprint density at radius 3 is 2.61 bits per heavy atom. The van der Waals surface area contributed by atoms with Gasteiger partial charge in [-0.1, -0.05) is 37.6 Å². The van der Waals surface area contributed by atoms with E-state index in [0.717, 1.165) is 11.1 Å². The Morgan fingerprint density at radius 2 is 1.94 bits per heavy atom. The van der Waals surface area contributed by atoms with Crippen LogP contribution in [0.5, 0.6) is 0 Å². The molecule has 1 heterocycles. The quantitative estimate of drug-likeness (QED) is 0.513. The maximum atomic E-state index is 13.0. The molecule has 3 amide bonds. The predicted octanol–water partition coefficient (Wildman–Crippen LogP) is 2.62. The molecular formula is C21H24FN7O2. The van der Waals surface area contributed by atoms with Gasteiger partial charge in [0, 0.05) is 24.8 Å². The molecule has 31 heavy (non-hydrogen) atoms. The fraction of sp³-hybridized carbons (Fsp3) is 0.286. The van der Waals surface area contributed by atoms with Crippen molar-refractivity contribution in [1.82, 2.24) is 30.8 Å². The zero-order valence-electron chi connectivity index (χ0n) is 17.3. The van der Waals surface area contributed by atoms with Crippen LogP contribution in [0.2, 0.25) is 0 Å². The van der Waals surface area contributed by atoms with E-state index >= 15 is 0 Å². The minimum atomic E-state index is -0.710. The summed E-state index contributed by atoms with van der Waals surface area (Å²) in [5, 5.41) is 19.6. The molecule has 10 heteroatoms. The third-order valence-electron chi connectivity index (χ3n) is 4.57. The molecule has 3 rings (SSSR count). The zero-order chi connectivity index (χ0) is 22.2. The number of nitrogens with one attached hydrogen (secondary N) is 3. The van der Waals surface area contributed by atoms with Crippen LogP contribution in [-0.2, 0) is 18.4 Å². The van der Waals surface area contributed by atoms with E-state index in [9.17, 15) is 14.0 Å². The van der Waals surface area contributed by atoms with Crippen LogP contribution in [0.4, 0.5) is 14.9 Å². The molecule has 0 fully saturated rings. The topological polar surface area (TPSA) is 114 Å². The van der Waals surface area contributed by atoms with Crippen LogP contribution in [0.15, 0.2) is 48.5 Å². The minimum Gasteiger partial charge on any atom is -0.334 e. The van der Waals surface area contributed by atoms with E-state index in [4.69, 9.17) is 0 Å². The Hall–Kier alpha value is -3.82. The van der Waals surface area contributed by atoms with Gasteiger partial charge in [-0.2, -0.15) is 0 Å². The average molecular weight is 425 g/mol. The van der Waals surface area contributed by atoms with Gasteiger partial charge in [-0.3, -0.25) is 4.79 Å². The molecule has 0 aliphatic rings. The van der Waals surface area contributed by atoms with Gasteiger partial charge in [-0.25, -0.2) is 13.9 Å². The van der Waals surface area contributed by atoms with E-state index in [-0.39, 0.29) is 18.3 Å². The number of amides is 3. The van der Waals surface area contributed by atoms with E-state index in [1.807, 2.05) is 13.0 Å². The summed E-state index contributed by atoms with van der Waals surface area (Å²) in [4.78, 5) is 25.0. The van der Waals surface area contributed by atoms with Gasteiger partial charge in [0.25, 0.3) is 0 Å². The first-order valence-electron chi connectivity index (χ1n) is 9.88. The smallest absolute Gasteiger partial charge is 0.315 e. The molecule has 1 aromatic heterocycles. The Kier molecular flexibility index (Phi) is 7.26. The van der Waals surface area contributed by atoms with Gasteiger partial charge in [0.1, 0.15) is 11.9 Å². The summed E-state index contributed by atoms with van der Waals surface area (Å²) in [6.07, 6.45) is 1.18. The van der Waals surface area contributed by atoms with Crippen LogP contribution in [0.25, 0.3) is 11.4 Å². The van der Waals surface area contributed by atoms with Crippen LogP contribution < -0.4 is 16.0 Å². The molecule has 162 valence electrons. The summed E-state index contributed by atoms with van der Waals surface area (Å²) < 4.78 is 14.5. The summed E-state index contributed by atoms with van der Waals surface area (Å²) in [7, 11) is 1.73. The number of aryl methyl sites for hydroxylation is 1. The highest BCUT2D eigenvalue weighted by Gasteiger charge is 2.20. The first-order valence-corrected chi connectivity index (χ1v) is 9.88. The summed E-state index contributed by atoms with van der Waals surface area (Å²) in [5.74, 6) is -0.0982. The molecule has 0 saturated carbocycles. The lowest BCUT2D eigenvalue weighted by molar-refractivity contribution is -0.118. The highest BCUT2D eigenvalue weighted by Crippen LogP contribution is 2.20. The molecule has 3 aromatic rings. The standard InChI is InChI=1S/C21H24FN7O2/c1-3-5-18(25-21(31)23-13-14-8-10-16(22)11-9-14)20(30)24-17-7-4-6-15(12-17)19-26-27-28-29(19)2/h4,6-12,18H,3,5,13H2,1-2H3,(H,24,30)(H2,23,25,31). The highest BCUT2D eigenvalue weighted by atomic mass is 19.1. The lowest BCUT2D eigenvalue weighted by Crippen LogP contribution is -2.47. The molecule has 0 saturated heterocycles. The lowest BCUT2D eigenvalue weighted by Gasteiger charge is -2.18. The first kappa shape index (κ1) is 21.9. The molecule has 0 spiro atoms. The normalized spacial score (nSPS) is 11.6. The fourth-order valence-corrected chi connectivity index (χ4v) is 2.99. The van der Waals surface area contributed by atoms with E-state index in [1.54, 1.807) is 37.4 Å². The van der Waals surface area contributed by atoms with Crippen LogP contribution >= 0.6 is 0 Å². The van der Waals surface area contributed by atoms with Crippen molar-refractivity contribution in [3.05, 3.63) is 59.9 Å². The first-order chi connectivity index (χ1) is 15.0. The third-order valence-corrected chi connectivity index (χ3v) is 4.57. The number of carbonyl (C=O) groups is 2. The Labute approximate surface area is 179 Å². The molecule has 0 aliphatic carbocycles. The molecule has 0 bridgehead atoms. The summed E-state index contributed by atoms with van der Waals surface area (Å²) in [6, 6.07) is 11.8. The zero-order valence-corrected chi connectivity index (χ0v) is 17.3. The van der Waals surface area contributed by atoms with Gasteiger partial charge in [-0.15, -0.1) is 5.10 Å². The van der Waals surface area contributed by atoms with Crippen molar-refractivity contribution in [1.29, 1.82) is 0 Å². The van der Waals surface area contributed by atoms with E-state index in [1.165, 1.54) is 16.8 Å². The second-order valence-electron chi connectivity index (χ2n) is 6.99. The van der Waals surface area contributed by atoms with E-state index in [2.05, 4.69) is 31.5 Å². The summed E-state index contributed by atoms with van der Waals surface area (Å²) in [5.41, 5.74) is 2.07. The lowest BCUT2D eigenvalue weighted by atomic mass is 10.1. The van der Waals surface area contributed by atoms with Crippen LogP contribution in [-0.4, -0.2) is 38.2 Å². The second kappa shape index (κ2) is 10.3. The van der Waals surface area contributed by atoms with Gasteiger partial charge in [0.05, 0.1) is 0 Å². The van der Waals surface area contributed by atoms with Crippen molar-refractivity contribution in [3.63, 3.8) is 0 Å². The van der Waals surface area contributed by atoms with Gasteiger partial charge in [0.15, 0.2) is 5.82 Å². The number of nitrogens with zero attached hydrogens (tertiary/aromatic N) is 4. The number of hydrogen-bond acceptors (Lipinski definition) is 5. The molecule has 0 radical (unpaired) electrons. The SMILES string of the molecule is CCCC(NC(=O)NCc1ccc(F)cc1)C(=O)Nc1cccc(-c2nnnn2C)c1. The predicted molar refractivity (Wildman–Crippen MR) is 113 cm³/mol. The maximum absolute atomic E-state index is 13.0. The number of carbonyl (C=O) groups excluding carboxylic acids is 2. The Morgan fingerprint density at radius 1 is 1.16 bits per heavy atom. The number of rotatable bonds is 8. The number of hydrogen-bond donors (Lipinski definition) is 3. The maximum Gasteiger partial charge on any atom is 0.315 e. The van der Waals surface area contributed by atoms with Crippen molar-refractivity contribution in [2.24, 2.45) is 7.05 Å². The van der Waals surface area contributed by atoms with Crippen LogP contribution in [0.3, 0.4) is 0 Å². The van der Waals surface area contributed by atoms with Gasteiger partial charge < -0.3 is 16.0 Å². The number of benzene rings is 2.